The van der Waals surface area contributed by atoms with Gasteiger partial charge in [0.05, 0.1) is 11.8 Å². The molecule has 126 valence electrons. The molecule has 0 unspecified atom stereocenters. The molecule has 1 aliphatic rings. The third-order valence-electron chi connectivity index (χ3n) is 4.90. The molecule has 1 N–H and O–H groups in total. The second-order valence-corrected chi connectivity index (χ2v) is 8.05. The van der Waals surface area contributed by atoms with Crippen LogP contribution in [0.2, 0.25) is 0 Å². The first-order valence-electron chi connectivity index (χ1n) is 8.40. The molecule has 4 nitrogen and oxygen atoms in total. The Labute approximate surface area is 145 Å². The van der Waals surface area contributed by atoms with Gasteiger partial charge in [-0.2, -0.15) is 0 Å². The lowest BCUT2D eigenvalue weighted by atomic mass is 10.0. The van der Waals surface area contributed by atoms with Crippen molar-refractivity contribution < 1.29 is 9.63 Å². The average molecular weight is 342 g/mol. The number of aromatic nitrogens is 1. The summed E-state index contributed by atoms with van der Waals surface area (Å²) in [5, 5.41) is 15.7. The van der Waals surface area contributed by atoms with Crippen molar-refractivity contribution in [1.29, 1.82) is 0 Å². The third-order valence-corrected chi connectivity index (χ3v) is 6.03. The molecule has 0 bridgehead atoms. The van der Waals surface area contributed by atoms with E-state index in [1.165, 1.54) is 20.5 Å². The van der Waals surface area contributed by atoms with Crippen molar-refractivity contribution in [2.45, 2.75) is 32.9 Å². The Hall–Kier alpha value is -1.69. The molecule has 4 rings (SSSR count). The number of fused-ring (bicyclic) bond motifs is 1. The number of aliphatic hydroxyl groups excluding tert-OH is 1. The summed E-state index contributed by atoms with van der Waals surface area (Å²) in [6.07, 6.45) is 0.447. The number of nitrogens with zero attached hydrogens (tertiary/aromatic N) is 2. The Morgan fingerprint density at radius 2 is 2.12 bits per heavy atom. The molecule has 0 amide bonds. The summed E-state index contributed by atoms with van der Waals surface area (Å²) in [5.74, 6) is 1.08. The molecular weight excluding hydrogens is 320 g/mol. The van der Waals surface area contributed by atoms with Gasteiger partial charge in [-0.05, 0) is 30.9 Å². The Morgan fingerprint density at radius 1 is 1.29 bits per heavy atom. The van der Waals surface area contributed by atoms with Gasteiger partial charge in [0.25, 0.3) is 0 Å². The Bertz CT molecular complexity index is 854. The van der Waals surface area contributed by atoms with E-state index in [2.05, 4.69) is 41.2 Å². The largest absolute Gasteiger partial charge is 0.391 e. The van der Waals surface area contributed by atoms with Crippen molar-refractivity contribution in [2.75, 3.05) is 13.1 Å². The van der Waals surface area contributed by atoms with Crippen LogP contribution < -0.4 is 0 Å². The van der Waals surface area contributed by atoms with Crippen LogP contribution in [0.25, 0.3) is 10.1 Å². The fraction of sp³-hybridized carbons (Fsp3) is 0.421. The number of hydrogen-bond donors (Lipinski definition) is 1. The molecule has 0 spiro atoms. The van der Waals surface area contributed by atoms with E-state index in [-0.39, 0.29) is 12.0 Å². The van der Waals surface area contributed by atoms with Gasteiger partial charge >= 0.3 is 0 Å². The number of thiophene rings is 1. The van der Waals surface area contributed by atoms with E-state index in [1.54, 1.807) is 0 Å². The van der Waals surface area contributed by atoms with E-state index in [0.717, 1.165) is 37.5 Å². The standard InChI is InChI=1S/C19H22N2O2S/c1-12-7-15(23-20-12)8-14-9-21(11-18(14)22)10-17-13(2)24-19-6-4-3-5-16(17)19/h3-7,14,18,22H,8-11H2,1-2H3/t14-,18+/m1/s1. The maximum absolute atomic E-state index is 10.4. The Balaban J connectivity index is 1.48. The number of benzene rings is 1. The van der Waals surface area contributed by atoms with Crippen LogP contribution in [0.4, 0.5) is 0 Å². The second-order valence-electron chi connectivity index (χ2n) is 6.79. The van der Waals surface area contributed by atoms with E-state index in [4.69, 9.17) is 4.52 Å². The molecule has 1 aliphatic heterocycles. The van der Waals surface area contributed by atoms with Gasteiger partial charge in [0.15, 0.2) is 0 Å². The minimum absolute atomic E-state index is 0.211. The third kappa shape index (κ3) is 2.99. The van der Waals surface area contributed by atoms with Gasteiger partial charge < -0.3 is 9.63 Å². The topological polar surface area (TPSA) is 49.5 Å². The van der Waals surface area contributed by atoms with Gasteiger partial charge in [0.1, 0.15) is 5.76 Å². The number of aliphatic hydroxyl groups is 1. The predicted molar refractivity (Wildman–Crippen MR) is 96.3 cm³/mol. The first-order chi connectivity index (χ1) is 11.6. The molecule has 1 saturated heterocycles. The molecule has 0 radical (unpaired) electrons. The van der Waals surface area contributed by atoms with E-state index in [9.17, 15) is 5.11 Å². The average Bonchev–Trinajstić information content (AvgIpc) is 3.20. The van der Waals surface area contributed by atoms with Crippen LogP contribution in [0, 0.1) is 19.8 Å². The zero-order chi connectivity index (χ0) is 16.7. The molecule has 2 atom stereocenters. The highest BCUT2D eigenvalue weighted by Gasteiger charge is 2.32. The van der Waals surface area contributed by atoms with Crippen LogP contribution in [-0.4, -0.2) is 34.4 Å². The van der Waals surface area contributed by atoms with E-state index in [0.29, 0.717) is 0 Å². The van der Waals surface area contributed by atoms with Crippen LogP contribution in [0.1, 0.15) is 21.9 Å². The monoisotopic (exact) mass is 342 g/mol. The zero-order valence-corrected chi connectivity index (χ0v) is 14.8. The van der Waals surface area contributed by atoms with Gasteiger partial charge in [-0.25, -0.2) is 0 Å². The number of rotatable bonds is 4. The Kier molecular flexibility index (Phi) is 4.16. The van der Waals surface area contributed by atoms with Crippen LogP contribution >= 0.6 is 11.3 Å². The molecule has 0 saturated carbocycles. The summed E-state index contributed by atoms with van der Waals surface area (Å²) in [6, 6.07) is 10.6. The molecule has 5 heteroatoms. The molecule has 1 fully saturated rings. The highest BCUT2D eigenvalue weighted by Crippen LogP contribution is 2.33. The van der Waals surface area contributed by atoms with Crippen LogP contribution in [0.15, 0.2) is 34.9 Å². The minimum Gasteiger partial charge on any atom is -0.391 e. The maximum atomic E-state index is 10.4. The van der Waals surface area contributed by atoms with Crippen molar-refractivity contribution in [3.8, 4) is 0 Å². The summed E-state index contributed by atoms with van der Waals surface area (Å²) >= 11 is 1.86. The van der Waals surface area contributed by atoms with Crippen LogP contribution in [-0.2, 0) is 13.0 Å². The van der Waals surface area contributed by atoms with Crippen LogP contribution in [0.3, 0.4) is 0 Å². The lowest BCUT2D eigenvalue weighted by molar-refractivity contribution is 0.137. The van der Waals surface area contributed by atoms with Gasteiger partial charge in [-0.15, -0.1) is 11.3 Å². The summed E-state index contributed by atoms with van der Waals surface area (Å²) in [4.78, 5) is 3.74. The van der Waals surface area contributed by atoms with Crippen molar-refractivity contribution in [1.82, 2.24) is 10.1 Å². The first-order valence-corrected chi connectivity index (χ1v) is 9.21. The van der Waals surface area contributed by atoms with Crippen molar-refractivity contribution in [2.24, 2.45) is 5.92 Å². The smallest absolute Gasteiger partial charge is 0.137 e. The molecule has 1 aromatic carbocycles. The highest BCUT2D eigenvalue weighted by molar-refractivity contribution is 7.19. The summed E-state index contributed by atoms with van der Waals surface area (Å²) in [6.45, 7) is 6.64. The maximum Gasteiger partial charge on any atom is 0.137 e. The van der Waals surface area contributed by atoms with Gasteiger partial charge in [0.2, 0.25) is 0 Å². The lowest BCUT2D eigenvalue weighted by Gasteiger charge is -2.15. The normalized spacial score (nSPS) is 21.8. The van der Waals surface area contributed by atoms with E-state index < -0.39 is 0 Å². The fourth-order valence-electron chi connectivity index (χ4n) is 3.68. The summed E-state index contributed by atoms with van der Waals surface area (Å²) in [5.41, 5.74) is 2.30. The minimum atomic E-state index is -0.305. The number of aryl methyl sites for hydroxylation is 2. The SMILES string of the molecule is Cc1cc(C[C@@H]2CN(Cc3c(C)sc4ccccc34)C[C@@H]2O)on1. The summed E-state index contributed by atoms with van der Waals surface area (Å²) in [7, 11) is 0. The van der Waals surface area contributed by atoms with Crippen molar-refractivity contribution in [3.05, 3.63) is 52.2 Å². The molecule has 24 heavy (non-hydrogen) atoms. The van der Waals surface area contributed by atoms with E-state index >= 15 is 0 Å². The quantitative estimate of drug-likeness (QED) is 0.788. The fourth-order valence-corrected chi connectivity index (χ4v) is 4.76. The van der Waals surface area contributed by atoms with Crippen LogP contribution in [0.5, 0.6) is 0 Å². The zero-order valence-electron chi connectivity index (χ0n) is 14.0. The molecule has 3 aromatic rings. The second kappa shape index (κ2) is 6.31. The lowest BCUT2D eigenvalue weighted by Crippen LogP contribution is -2.21. The highest BCUT2D eigenvalue weighted by atomic mass is 32.1. The number of β-amino-alcohol motifs (C(OH)–C–C–N with tert-alkyl or cyclic N) is 1. The van der Waals surface area contributed by atoms with E-state index in [1.807, 2.05) is 24.3 Å². The van der Waals surface area contributed by atoms with Gasteiger partial charge in [-0.3, -0.25) is 4.90 Å². The van der Waals surface area contributed by atoms with Gasteiger partial charge in [-0.1, -0.05) is 23.4 Å². The molecule has 0 aliphatic carbocycles. The van der Waals surface area contributed by atoms with Gasteiger partial charge in [0, 0.05) is 47.6 Å². The Morgan fingerprint density at radius 3 is 2.92 bits per heavy atom. The first kappa shape index (κ1) is 15.8. The number of likely N-dealkylation sites (tertiary alicyclic amines) is 1. The summed E-state index contributed by atoms with van der Waals surface area (Å²) < 4.78 is 6.66. The van der Waals surface area contributed by atoms with Crippen molar-refractivity contribution in [3.63, 3.8) is 0 Å². The molecule has 3 heterocycles. The predicted octanol–water partition coefficient (Wildman–Crippen LogP) is 3.54. The molecule has 2 aromatic heterocycles. The number of hydrogen-bond acceptors (Lipinski definition) is 5. The molecular formula is C19H22N2O2S. The van der Waals surface area contributed by atoms with Crippen molar-refractivity contribution >= 4 is 21.4 Å².